The van der Waals surface area contributed by atoms with E-state index in [4.69, 9.17) is 9.78 Å². The van der Waals surface area contributed by atoms with Crippen molar-refractivity contribution in [3.8, 4) is 0 Å². The van der Waals surface area contributed by atoms with E-state index in [1.54, 1.807) is 0 Å². The number of allylic oxidation sites excluding steroid dienone is 1. The second-order valence-corrected chi connectivity index (χ2v) is 12.9. The lowest BCUT2D eigenvalue weighted by Crippen LogP contribution is -2.69. The van der Waals surface area contributed by atoms with Gasteiger partial charge >= 0.3 is 0 Å². The zero-order chi connectivity index (χ0) is 22.9. The second kappa shape index (κ2) is 7.68. The quantitative estimate of drug-likeness (QED) is 0.355. The number of hydrogen-bond acceptors (Lipinski definition) is 3. The van der Waals surface area contributed by atoms with Crippen molar-refractivity contribution in [3.05, 3.63) is 23.8 Å². The summed E-state index contributed by atoms with van der Waals surface area (Å²) in [6, 6.07) is 0. The first kappa shape index (κ1) is 23.1. The molecule has 2 saturated carbocycles. The minimum Gasteiger partial charge on any atom is -0.393 e. The molecule has 0 unspecified atom stereocenters. The molecule has 2 aliphatic heterocycles. The van der Waals surface area contributed by atoms with E-state index in [2.05, 4.69) is 59.8 Å². The van der Waals surface area contributed by atoms with Crippen LogP contribution in [0.5, 0.6) is 0 Å². The van der Waals surface area contributed by atoms with Crippen LogP contribution in [0.2, 0.25) is 0 Å². The first-order chi connectivity index (χ1) is 15.1. The number of fused-ring (bicyclic) bond motifs is 2. The highest BCUT2D eigenvalue weighted by Crippen LogP contribution is 2.71. The van der Waals surface area contributed by atoms with E-state index in [1.165, 1.54) is 37.7 Å². The highest BCUT2D eigenvalue weighted by molar-refractivity contribution is 5.48. The first-order valence-electron chi connectivity index (χ1n) is 13.6. The molecule has 3 fully saturated rings. The molecular formula is C29H46O3. The van der Waals surface area contributed by atoms with Gasteiger partial charge in [0.1, 0.15) is 11.2 Å². The molecule has 3 heteroatoms. The van der Waals surface area contributed by atoms with Gasteiger partial charge in [-0.25, -0.2) is 9.78 Å². The van der Waals surface area contributed by atoms with Crippen LogP contribution in [0.1, 0.15) is 99.3 Å². The number of rotatable bonds is 6. The normalized spacial score (nSPS) is 48.8. The summed E-state index contributed by atoms with van der Waals surface area (Å²) in [5, 5.41) is 10.4. The predicted octanol–water partition coefficient (Wildman–Crippen LogP) is 7.01. The lowest BCUT2D eigenvalue weighted by atomic mass is 9.46. The lowest BCUT2D eigenvalue weighted by Gasteiger charge is -2.66. The lowest BCUT2D eigenvalue weighted by molar-refractivity contribution is -0.455. The molecule has 32 heavy (non-hydrogen) atoms. The van der Waals surface area contributed by atoms with Crippen LogP contribution >= 0.6 is 0 Å². The molecule has 2 bridgehead atoms. The van der Waals surface area contributed by atoms with Gasteiger partial charge < -0.3 is 5.11 Å². The van der Waals surface area contributed by atoms with Crippen LogP contribution < -0.4 is 0 Å². The molecule has 0 aromatic rings. The van der Waals surface area contributed by atoms with Gasteiger partial charge in [-0.3, -0.25) is 0 Å². The van der Waals surface area contributed by atoms with Gasteiger partial charge in [0.05, 0.1) is 6.10 Å². The van der Waals surface area contributed by atoms with Crippen molar-refractivity contribution >= 4 is 0 Å². The van der Waals surface area contributed by atoms with E-state index in [1.807, 2.05) is 0 Å². The maximum atomic E-state index is 10.4. The van der Waals surface area contributed by atoms with Gasteiger partial charge in [-0.05, 0) is 85.3 Å². The predicted molar refractivity (Wildman–Crippen MR) is 129 cm³/mol. The molecular weight excluding hydrogens is 396 g/mol. The fourth-order valence-corrected chi connectivity index (χ4v) is 9.06. The Morgan fingerprint density at radius 1 is 1.06 bits per heavy atom. The van der Waals surface area contributed by atoms with E-state index in [9.17, 15) is 5.11 Å². The molecule has 6 rings (SSSR count). The SMILES string of the molecule is CC[C@H](CC[C@@H](C)[C@H]1CC[C@H]2[C@]1(C)CC=C1[C@]23C=C[C@]2(C[C@@H](O)CC[C@]12C)OO3)C(C)C. The Balaban J connectivity index is 1.42. The van der Waals surface area contributed by atoms with Crippen molar-refractivity contribution < 1.29 is 14.9 Å². The van der Waals surface area contributed by atoms with Crippen LogP contribution in [-0.2, 0) is 9.78 Å². The monoisotopic (exact) mass is 442 g/mol. The molecule has 0 radical (unpaired) electrons. The third-order valence-electron chi connectivity index (χ3n) is 11.2. The van der Waals surface area contributed by atoms with E-state index >= 15 is 0 Å². The van der Waals surface area contributed by atoms with Crippen molar-refractivity contribution in [3.63, 3.8) is 0 Å². The van der Waals surface area contributed by atoms with Crippen LogP contribution in [0, 0.1) is 40.4 Å². The Labute approximate surface area is 195 Å². The third-order valence-corrected chi connectivity index (χ3v) is 11.2. The van der Waals surface area contributed by atoms with Crippen molar-refractivity contribution in [1.29, 1.82) is 0 Å². The Hall–Kier alpha value is -0.640. The Bertz CT molecular complexity index is 800. The zero-order valence-electron chi connectivity index (χ0n) is 21.3. The van der Waals surface area contributed by atoms with Gasteiger partial charge in [-0.2, -0.15) is 0 Å². The van der Waals surface area contributed by atoms with Gasteiger partial charge in [-0.1, -0.05) is 60.5 Å². The summed E-state index contributed by atoms with van der Waals surface area (Å²) in [6.45, 7) is 14.6. The molecule has 0 aromatic heterocycles. The minimum atomic E-state index is -0.497. The average molecular weight is 443 g/mol. The van der Waals surface area contributed by atoms with Crippen molar-refractivity contribution in [2.24, 2.45) is 40.4 Å². The summed E-state index contributed by atoms with van der Waals surface area (Å²) in [7, 11) is 0. The Morgan fingerprint density at radius 3 is 2.50 bits per heavy atom. The van der Waals surface area contributed by atoms with Gasteiger partial charge in [0.2, 0.25) is 0 Å². The van der Waals surface area contributed by atoms with Crippen LogP contribution in [0.15, 0.2) is 23.8 Å². The van der Waals surface area contributed by atoms with Crippen molar-refractivity contribution in [2.45, 2.75) is 117 Å². The summed E-state index contributed by atoms with van der Waals surface area (Å²) in [5.74, 6) is 3.61. The molecule has 4 aliphatic carbocycles. The summed E-state index contributed by atoms with van der Waals surface area (Å²) >= 11 is 0. The summed E-state index contributed by atoms with van der Waals surface area (Å²) in [6.07, 6.45) is 17.1. The van der Waals surface area contributed by atoms with Crippen LogP contribution in [0.4, 0.5) is 0 Å². The van der Waals surface area contributed by atoms with Gasteiger partial charge in [0.15, 0.2) is 0 Å². The highest BCUT2D eigenvalue weighted by atomic mass is 17.2. The fraction of sp³-hybridized carbons (Fsp3) is 0.862. The number of aliphatic hydroxyl groups excluding tert-OH is 1. The van der Waals surface area contributed by atoms with Crippen LogP contribution in [0.3, 0.4) is 0 Å². The van der Waals surface area contributed by atoms with Gasteiger partial charge in [0, 0.05) is 17.8 Å². The molecule has 0 aromatic carbocycles. The van der Waals surface area contributed by atoms with E-state index in [-0.39, 0.29) is 16.9 Å². The van der Waals surface area contributed by atoms with E-state index in [0.717, 1.165) is 42.9 Å². The maximum Gasteiger partial charge on any atom is 0.147 e. The summed E-state index contributed by atoms with van der Waals surface area (Å²) in [5.41, 5.74) is 0.772. The smallest absolute Gasteiger partial charge is 0.147 e. The van der Waals surface area contributed by atoms with Crippen LogP contribution in [-0.4, -0.2) is 22.4 Å². The van der Waals surface area contributed by atoms with Gasteiger partial charge in [-0.15, -0.1) is 0 Å². The summed E-state index contributed by atoms with van der Waals surface area (Å²) < 4.78 is 0. The maximum absolute atomic E-state index is 10.4. The molecule has 180 valence electrons. The molecule has 3 nitrogen and oxygen atoms in total. The molecule has 2 spiro atoms. The first-order valence-corrected chi connectivity index (χ1v) is 13.6. The largest absolute Gasteiger partial charge is 0.393 e. The standard InChI is InChI=1S/C29H46O3/c1-7-21(19(2)3)9-8-20(4)23-10-11-24-26(23,5)14-13-25-27(6)15-12-22(30)18-28(27)16-17-29(24,25)32-31-28/h13,16-17,19-24,30H,7-12,14-15,18H2,1-6H3/t20-,21-,22+,23-,24+,26-,27-,28-,29+/m1/s1. The minimum absolute atomic E-state index is 0.0596. The van der Waals surface area contributed by atoms with Gasteiger partial charge in [0.25, 0.3) is 0 Å². The van der Waals surface area contributed by atoms with E-state index < -0.39 is 11.2 Å². The van der Waals surface area contributed by atoms with Crippen molar-refractivity contribution in [2.75, 3.05) is 0 Å². The molecule has 0 amide bonds. The molecule has 1 saturated heterocycles. The third kappa shape index (κ3) is 2.96. The van der Waals surface area contributed by atoms with Crippen molar-refractivity contribution in [1.82, 2.24) is 0 Å². The molecule has 2 heterocycles. The average Bonchev–Trinajstić information content (AvgIpc) is 3.12. The highest BCUT2D eigenvalue weighted by Gasteiger charge is 2.71. The molecule has 9 atom stereocenters. The second-order valence-electron chi connectivity index (χ2n) is 12.9. The van der Waals surface area contributed by atoms with Crippen LogP contribution in [0.25, 0.3) is 0 Å². The molecule has 6 aliphatic rings. The number of aliphatic hydroxyl groups is 1. The topological polar surface area (TPSA) is 38.7 Å². The Kier molecular flexibility index (Phi) is 5.55. The van der Waals surface area contributed by atoms with E-state index in [0.29, 0.717) is 12.3 Å². The summed E-state index contributed by atoms with van der Waals surface area (Å²) in [4.78, 5) is 12.7. The number of hydrogen-bond donors (Lipinski definition) is 1. The Morgan fingerprint density at radius 2 is 1.84 bits per heavy atom. The zero-order valence-corrected chi connectivity index (χ0v) is 21.3. The fourth-order valence-electron chi connectivity index (χ4n) is 9.06. The molecule has 1 N–H and O–H groups in total.